The zero-order valence-electron chi connectivity index (χ0n) is 16.9. The number of benzene rings is 1. The third-order valence-electron chi connectivity index (χ3n) is 5.37. The van der Waals surface area contributed by atoms with Gasteiger partial charge in [0.1, 0.15) is 16.8 Å². The van der Waals surface area contributed by atoms with Gasteiger partial charge in [-0.15, -0.1) is 0 Å². The largest absolute Gasteiger partial charge is 0.334 e. The number of hydrogen-bond donors (Lipinski definition) is 1. The predicted octanol–water partition coefficient (Wildman–Crippen LogP) is 5.07. The molecule has 1 atom stereocenters. The zero-order valence-corrected chi connectivity index (χ0v) is 17.8. The van der Waals surface area contributed by atoms with Gasteiger partial charge in [-0.1, -0.05) is 48.1 Å². The van der Waals surface area contributed by atoms with Gasteiger partial charge in [0.05, 0.1) is 12.2 Å². The van der Waals surface area contributed by atoms with Crippen LogP contribution in [0.25, 0.3) is 0 Å². The van der Waals surface area contributed by atoms with E-state index in [0.29, 0.717) is 16.1 Å². The van der Waals surface area contributed by atoms with Gasteiger partial charge in [-0.2, -0.15) is 10.2 Å². The van der Waals surface area contributed by atoms with Crippen molar-refractivity contribution in [2.75, 3.05) is 16.8 Å². The maximum absolute atomic E-state index is 9.06. The Balaban J connectivity index is 1.69. The Morgan fingerprint density at radius 1 is 1.24 bits per heavy atom. The molecule has 6 nitrogen and oxygen atoms in total. The summed E-state index contributed by atoms with van der Waals surface area (Å²) in [7, 11) is 0. The molecular formula is C22H24N6S. The van der Waals surface area contributed by atoms with E-state index < -0.39 is 0 Å². The Kier molecular flexibility index (Phi) is 5.45. The van der Waals surface area contributed by atoms with E-state index in [2.05, 4.69) is 59.4 Å². The summed E-state index contributed by atoms with van der Waals surface area (Å²) in [5, 5.41) is 13.1. The van der Waals surface area contributed by atoms with E-state index >= 15 is 0 Å². The van der Waals surface area contributed by atoms with Crippen molar-refractivity contribution in [3.8, 4) is 6.07 Å². The monoisotopic (exact) mass is 404 g/mol. The topological polar surface area (TPSA) is 77.7 Å². The van der Waals surface area contributed by atoms with Gasteiger partial charge in [-0.05, 0) is 38.7 Å². The minimum Gasteiger partial charge on any atom is -0.334 e. The summed E-state index contributed by atoms with van der Waals surface area (Å²) in [4.78, 5) is 16.9. The van der Waals surface area contributed by atoms with Gasteiger partial charge in [0.25, 0.3) is 0 Å². The molecule has 0 radical (unpaired) electrons. The summed E-state index contributed by atoms with van der Waals surface area (Å²) in [6, 6.07) is 11.2. The minimum atomic E-state index is 0.292. The van der Waals surface area contributed by atoms with Crippen LogP contribution in [-0.4, -0.2) is 21.5 Å². The molecule has 148 valence electrons. The van der Waals surface area contributed by atoms with Crippen LogP contribution in [0.1, 0.15) is 53.1 Å². The highest BCUT2D eigenvalue weighted by molar-refractivity contribution is 7.16. The zero-order chi connectivity index (χ0) is 20.4. The molecule has 2 aromatic heterocycles. The molecule has 0 saturated carbocycles. The molecule has 3 aromatic rings. The Morgan fingerprint density at radius 2 is 2.03 bits per heavy atom. The van der Waals surface area contributed by atoms with Gasteiger partial charge < -0.3 is 10.2 Å². The van der Waals surface area contributed by atoms with E-state index in [4.69, 9.17) is 15.2 Å². The number of aromatic nitrogens is 3. The first kappa shape index (κ1) is 19.3. The van der Waals surface area contributed by atoms with E-state index in [1.54, 1.807) is 6.20 Å². The number of aryl methyl sites for hydroxylation is 2. The molecule has 1 aliphatic rings. The summed E-state index contributed by atoms with van der Waals surface area (Å²) in [5.41, 5.74) is 4.63. The predicted molar refractivity (Wildman–Crippen MR) is 117 cm³/mol. The van der Waals surface area contributed by atoms with Crippen LogP contribution in [0.3, 0.4) is 0 Å². The molecule has 3 heterocycles. The molecule has 1 fully saturated rings. The van der Waals surface area contributed by atoms with Crippen molar-refractivity contribution in [3.05, 3.63) is 57.7 Å². The summed E-state index contributed by atoms with van der Waals surface area (Å²) in [6.07, 6.45) is 4.63. The van der Waals surface area contributed by atoms with Crippen molar-refractivity contribution in [2.45, 2.75) is 46.1 Å². The molecule has 0 amide bonds. The average Bonchev–Trinajstić information content (AvgIpc) is 3.38. The lowest BCUT2D eigenvalue weighted by Crippen LogP contribution is -2.25. The lowest BCUT2D eigenvalue weighted by Gasteiger charge is -2.26. The standard InChI is InChI=1S/C22H24N6S/c1-4-18-15(3)25-21(26-20(18)27-22-24-13-17(12-23)29-22)28-11-5-6-19(28)16-9-7-14(2)8-10-16/h7-10,13,19H,4-6,11H2,1-3H3,(H,24,25,26,27). The maximum Gasteiger partial charge on any atom is 0.228 e. The van der Waals surface area contributed by atoms with Gasteiger partial charge >= 0.3 is 0 Å². The molecular weight excluding hydrogens is 380 g/mol. The first-order valence-corrected chi connectivity index (χ1v) is 10.7. The summed E-state index contributed by atoms with van der Waals surface area (Å²) < 4.78 is 0. The van der Waals surface area contributed by atoms with Gasteiger partial charge in [-0.25, -0.2) is 9.97 Å². The van der Waals surface area contributed by atoms with E-state index in [1.807, 2.05) is 6.92 Å². The van der Waals surface area contributed by atoms with Crippen molar-refractivity contribution in [1.82, 2.24) is 15.0 Å². The van der Waals surface area contributed by atoms with Crippen LogP contribution >= 0.6 is 11.3 Å². The highest BCUT2D eigenvalue weighted by atomic mass is 32.1. The first-order chi connectivity index (χ1) is 14.1. The van der Waals surface area contributed by atoms with Crippen LogP contribution in [0.5, 0.6) is 0 Å². The number of anilines is 3. The number of nitrogens with zero attached hydrogens (tertiary/aromatic N) is 5. The Hall–Kier alpha value is -2.98. The van der Waals surface area contributed by atoms with Crippen molar-refractivity contribution >= 4 is 28.2 Å². The lowest BCUT2D eigenvalue weighted by atomic mass is 10.0. The number of thiazole rings is 1. The van der Waals surface area contributed by atoms with Crippen LogP contribution in [0.15, 0.2) is 30.5 Å². The SMILES string of the molecule is CCc1c(C)nc(N2CCCC2c2ccc(C)cc2)nc1Nc1ncc(C#N)s1. The second kappa shape index (κ2) is 8.18. The Labute approximate surface area is 175 Å². The van der Waals surface area contributed by atoms with Gasteiger partial charge in [0, 0.05) is 17.8 Å². The summed E-state index contributed by atoms with van der Waals surface area (Å²) in [5.74, 6) is 1.53. The summed E-state index contributed by atoms with van der Waals surface area (Å²) >= 11 is 1.33. The van der Waals surface area contributed by atoms with Crippen LogP contribution in [-0.2, 0) is 6.42 Å². The highest BCUT2D eigenvalue weighted by Crippen LogP contribution is 2.36. The molecule has 0 bridgehead atoms. The lowest BCUT2D eigenvalue weighted by molar-refractivity contribution is 0.699. The fourth-order valence-electron chi connectivity index (χ4n) is 3.86. The van der Waals surface area contributed by atoms with Crippen molar-refractivity contribution < 1.29 is 0 Å². The normalized spacial score (nSPS) is 16.1. The van der Waals surface area contributed by atoms with Crippen LogP contribution in [0, 0.1) is 25.2 Å². The number of nitrogens with one attached hydrogen (secondary N) is 1. The molecule has 29 heavy (non-hydrogen) atoms. The number of rotatable bonds is 5. The molecule has 4 rings (SSSR count). The van der Waals surface area contributed by atoms with Gasteiger partial charge in [-0.3, -0.25) is 0 Å². The number of hydrogen-bond acceptors (Lipinski definition) is 7. The first-order valence-electron chi connectivity index (χ1n) is 9.92. The fraction of sp³-hybridized carbons (Fsp3) is 0.364. The molecule has 0 aliphatic carbocycles. The fourth-order valence-corrected chi connectivity index (χ4v) is 4.48. The summed E-state index contributed by atoms with van der Waals surface area (Å²) in [6.45, 7) is 7.19. The van der Waals surface area contributed by atoms with E-state index in [-0.39, 0.29) is 0 Å². The molecule has 0 spiro atoms. The molecule has 1 saturated heterocycles. The van der Waals surface area contributed by atoms with Gasteiger partial charge in [0.2, 0.25) is 5.95 Å². The van der Waals surface area contributed by atoms with Gasteiger partial charge in [0.15, 0.2) is 5.13 Å². The van der Waals surface area contributed by atoms with E-state index in [9.17, 15) is 0 Å². The Morgan fingerprint density at radius 3 is 2.72 bits per heavy atom. The highest BCUT2D eigenvalue weighted by Gasteiger charge is 2.29. The molecule has 1 unspecified atom stereocenters. The number of nitriles is 1. The van der Waals surface area contributed by atoms with E-state index in [0.717, 1.165) is 48.8 Å². The molecule has 1 N–H and O–H groups in total. The molecule has 7 heteroatoms. The second-order valence-corrected chi connectivity index (χ2v) is 8.35. The maximum atomic E-state index is 9.06. The van der Waals surface area contributed by atoms with Crippen LogP contribution in [0.2, 0.25) is 0 Å². The quantitative estimate of drug-likeness (QED) is 0.640. The average molecular weight is 405 g/mol. The van der Waals surface area contributed by atoms with Crippen LogP contribution < -0.4 is 10.2 Å². The smallest absolute Gasteiger partial charge is 0.228 e. The second-order valence-electron chi connectivity index (χ2n) is 7.32. The third kappa shape index (κ3) is 3.94. The Bertz CT molecular complexity index is 1050. The van der Waals surface area contributed by atoms with Crippen molar-refractivity contribution in [3.63, 3.8) is 0 Å². The van der Waals surface area contributed by atoms with Crippen molar-refractivity contribution in [2.24, 2.45) is 0 Å². The van der Waals surface area contributed by atoms with E-state index in [1.165, 1.54) is 22.5 Å². The minimum absolute atomic E-state index is 0.292. The molecule has 1 aromatic carbocycles. The van der Waals surface area contributed by atoms with Crippen LogP contribution in [0.4, 0.5) is 16.9 Å². The third-order valence-corrected chi connectivity index (χ3v) is 6.19. The van der Waals surface area contributed by atoms with Crippen molar-refractivity contribution in [1.29, 1.82) is 5.26 Å². The molecule has 1 aliphatic heterocycles.